The lowest BCUT2D eigenvalue weighted by Gasteiger charge is -2.11. The van der Waals surface area contributed by atoms with Gasteiger partial charge in [0.2, 0.25) is 0 Å². The predicted molar refractivity (Wildman–Crippen MR) is 58.3 cm³/mol. The fourth-order valence-electron chi connectivity index (χ4n) is 1.16. The molecule has 0 atom stereocenters. The van der Waals surface area contributed by atoms with Gasteiger partial charge in [-0.05, 0) is 12.1 Å². The van der Waals surface area contributed by atoms with Gasteiger partial charge in [-0.15, -0.1) is 0 Å². The number of benzene rings is 1. The molecule has 88 valence electrons. The van der Waals surface area contributed by atoms with Crippen molar-refractivity contribution in [1.29, 1.82) is 0 Å². The van der Waals surface area contributed by atoms with Crippen molar-refractivity contribution in [3.8, 4) is 11.5 Å². The van der Waals surface area contributed by atoms with E-state index in [-0.39, 0.29) is 12.5 Å². The Kier molecular flexibility index (Phi) is 4.56. The van der Waals surface area contributed by atoms with E-state index in [4.69, 9.17) is 15.4 Å². The number of hydrogen-bond donors (Lipinski definition) is 2. The zero-order valence-corrected chi connectivity index (χ0v) is 9.15. The van der Waals surface area contributed by atoms with Gasteiger partial charge < -0.3 is 14.8 Å². The topological polar surface area (TPSA) is 82.8 Å². The van der Waals surface area contributed by atoms with Crippen molar-refractivity contribution in [1.82, 2.24) is 0 Å². The quantitative estimate of drug-likeness (QED) is 0.716. The number of nitrogens with two attached hydrogens (primary N) is 1. The average Bonchev–Trinajstić information content (AvgIpc) is 2.30. The number of amides is 1. The first-order valence-corrected chi connectivity index (χ1v) is 4.54. The Morgan fingerprint density at radius 1 is 1.38 bits per heavy atom. The van der Waals surface area contributed by atoms with Crippen LogP contribution in [0.4, 0.5) is 5.69 Å². The molecule has 0 bridgehead atoms. The molecule has 0 aliphatic rings. The summed E-state index contributed by atoms with van der Waals surface area (Å²) in [5.41, 5.74) is 0.533. The van der Waals surface area contributed by atoms with Gasteiger partial charge in [0.25, 0.3) is 5.91 Å². The molecule has 0 saturated carbocycles. The fourth-order valence-corrected chi connectivity index (χ4v) is 1.16. The summed E-state index contributed by atoms with van der Waals surface area (Å²) in [6.45, 7) is -0.213. The number of hydrogen-bond acceptors (Lipinski definition) is 5. The largest absolute Gasteiger partial charge is 0.497 e. The Morgan fingerprint density at radius 3 is 2.69 bits per heavy atom. The Labute approximate surface area is 93.2 Å². The second kappa shape index (κ2) is 5.94. The van der Waals surface area contributed by atoms with Crippen molar-refractivity contribution in [3.05, 3.63) is 18.2 Å². The van der Waals surface area contributed by atoms with Crippen molar-refractivity contribution < 1.29 is 19.1 Å². The van der Waals surface area contributed by atoms with Crippen LogP contribution < -0.4 is 20.7 Å². The second-order valence-corrected chi connectivity index (χ2v) is 2.93. The number of nitrogens with one attached hydrogen (secondary N) is 1. The van der Waals surface area contributed by atoms with Crippen molar-refractivity contribution in [3.63, 3.8) is 0 Å². The normalized spacial score (nSPS) is 9.69. The zero-order valence-electron chi connectivity index (χ0n) is 9.15. The summed E-state index contributed by atoms with van der Waals surface area (Å²) in [7, 11) is 3.05. The van der Waals surface area contributed by atoms with Crippen LogP contribution >= 0.6 is 0 Å². The third-order valence-corrected chi connectivity index (χ3v) is 1.90. The van der Waals surface area contributed by atoms with Gasteiger partial charge in [0, 0.05) is 6.07 Å². The van der Waals surface area contributed by atoms with Crippen LogP contribution in [0.5, 0.6) is 11.5 Å². The minimum absolute atomic E-state index is 0.213. The van der Waals surface area contributed by atoms with Gasteiger partial charge in [-0.1, -0.05) is 0 Å². The molecule has 3 N–H and O–H groups in total. The third kappa shape index (κ3) is 3.11. The maximum absolute atomic E-state index is 11.2. The zero-order chi connectivity index (χ0) is 12.0. The van der Waals surface area contributed by atoms with E-state index in [1.807, 2.05) is 0 Å². The predicted octanol–water partition coefficient (Wildman–Crippen LogP) is 0.533. The summed E-state index contributed by atoms with van der Waals surface area (Å²) in [4.78, 5) is 15.4. The number of carbonyl (C=O) groups is 1. The highest BCUT2D eigenvalue weighted by molar-refractivity contribution is 5.93. The molecular formula is C10H14N2O4. The maximum Gasteiger partial charge on any atom is 0.252 e. The van der Waals surface area contributed by atoms with E-state index in [1.54, 1.807) is 25.3 Å². The summed E-state index contributed by atoms with van der Waals surface area (Å²) >= 11 is 0. The van der Waals surface area contributed by atoms with E-state index in [0.29, 0.717) is 17.2 Å². The molecule has 0 heterocycles. The monoisotopic (exact) mass is 226 g/mol. The Morgan fingerprint density at radius 2 is 2.12 bits per heavy atom. The number of anilines is 1. The van der Waals surface area contributed by atoms with E-state index < -0.39 is 0 Å². The second-order valence-electron chi connectivity index (χ2n) is 2.93. The lowest BCUT2D eigenvalue weighted by Crippen LogP contribution is -2.20. The number of ether oxygens (including phenoxy) is 2. The smallest absolute Gasteiger partial charge is 0.252 e. The van der Waals surface area contributed by atoms with Gasteiger partial charge in [0.1, 0.15) is 18.1 Å². The summed E-state index contributed by atoms with van der Waals surface area (Å²) in [6, 6.07) is 5.05. The molecule has 1 aromatic rings. The highest BCUT2D eigenvalue weighted by Gasteiger charge is 2.08. The van der Waals surface area contributed by atoms with E-state index in [9.17, 15) is 4.79 Å². The average molecular weight is 226 g/mol. The Bertz CT molecular complexity index is 368. The molecule has 1 amide bonds. The lowest BCUT2D eigenvalue weighted by molar-refractivity contribution is -0.120. The van der Waals surface area contributed by atoms with Crippen LogP contribution in [0.25, 0.3) is 0 Å². The molecule has 0 aliphatic heterocycles. The first-order valence-electron chi connectivity index (χ1n) is 4.54. The summed E-state index contributed by atoms with van der Waals surface area (Å²) < 4.78 is 10.1. The lowest BCUT2D eigenvalue weighted by atomic mass is 10.2. The number of methoxy groups -OCH3 is 2. The number of rotatable bonds is 5. The molecule has 1 rings (SSSR count). The molecular weight excluding hydrogens is 212 g/mol. The van der Waals surface area contributed by atoms with E-state index in [2.05, 4.69) is 10.2 Å². The highest BCUT2D eigenvalue weighted by Crippen LogP contribution is 2.28. The molecule has 0 unspecified atom stereocenters. The van der Waals surface area contributed by atoms with Crippen LogP contribution in [0.1, 0.15) is 0 Å². The van der Waals surface area contributed by atoms with Crippen LogP contribution in [0.3, 0.4) is 0 Å². The van der Waals surface area contributed by atoms with Crippen molar-refractivity contribution >= 4 is 11.6 Å². The Balaban J connectivity index is 2.83. The van der Waals surface area contributed by atoms with Gasteiger partial charge in [0.15, 0.2) is 0 Å². The Hall–Kier alpha value is -1.79. The van der Waals surface area contributed by atoms with Crippen molar-refractivity contribution in [2.75, 3.05) is 26.1 Å². The maximum atomic E-state index is 11.2. The van der Waals surface area contributed by atoms with Gasteiger partial charge in [-0.2, -0.15) is 0 Å². The molecule has 0 aliphatic carbocycles. The summed E-state index contributed by atoms with van der Waals surface area (Å²) in [5.74, 6) is 5.58. The standard InChI is InChI=1S/C10H14N2O4/c1-14-7-3-4-8(9(5-7)15-2)12-10(13)6-16-11/h3-5H,6,11H2,1-2H3,(H,12,13). The van der Waals surface area contributed by atoms with Gasteiger partial charge in [-0.3, -0.25) is 9.63 Å². The summed E-state index contributed by atoms with van der Waals surface area (Å²) in [6.07, 6.45) is 0. The van der Waals surface area contributed by atoms with Crippen LogP contribution in [0.15, 0.2) is 18.2 Å². The van der Waals surface area contributed by atoms with Crippen LogP contribution in [0, 0.1) is 0 Å². The molecule has 0 fully saturated rings. The van der Waals surface area contributed by atoms with Crippen molar-refractivity contribution in [2.45, 2.75) is 0 Å². The van der Waals surface area contributed by atoms with Crippen LogP contribution in [-0.2, 0) is 9.63 Å². The SMILES string of the molecule is COc1ccc(NC(=O)CON)c(OC)c1. The minimum atomic E-state index is -0.356. The van der Waals surface area contributed by atoms with Crippen LogP contribution in [-0.4, -0.2) is 26.7 Å². The fraction of sp³-hybridized carbons (Fsp3) is 0.300. The first kappa shape index (κ1) is 12.3. The van der Waals surface area contributed by atoms with E-state index in [1.165, 1.54) is 7.11 Å². The molecule has 6 nitrogen and oxygen atoms in total. The third-order valence-electron chi connectivity index (χ3n) is 1.90. The van der Waals surface area contributed by atoms with Gasteiger partial charge in [-0.25, -0.2) is 5.90 Å². The molecule has 1 aromatic carbocycles. The van der Waals surface area contributed by atoms with Gasteiger partial charge in [0.05, 0.1) is 19.9 Å². The molecule has 6 heteroatoms. The first-order chi connectivity index (χ1) is 7.71. The highest BCUT2D eigenvalue weighted by atomic mass is 16.6. The number of carbonyl (C=O) groups excluding carboxylic acids is 1. The molecule has 16 heavy (non-hydrogen) atoms. The molecule has 0 spiro atoms. The summed E-state index contributed by atoms with van der Waals surface area (Å²) in [5, 5.41) is 2.59. The molecule has 0 saturated heterocycles. The van der Waals surface area contributed by atoms with E-state index in [0.717, 1.165) is 0 Å². The van der Waals surface area contributed by atoms with E-state index >= 15 is 0 Å². The molecule has 0 radical (unpaired) electrons. The molecule has 0 aromatic heterocycles. The van der Waals surface area contributed by atoms with Crippen molar-refractivity contribution in [2.24, 2.45) is 5.90 Å². The van der Waals surface area contributed by atoms with Gasteiger partial charge >= 0.3 is 0 Å². The van der Waals surface area contributed by atoms with Crippen LogP contribution in [0.2, 0.25) is 0 Å². The minimum Gasteiger partial charge on any atom is -0.497 e.